The number of nitrogens with one attached hydrogen (secondary N) is 1. The average molecular weight is 342 g/mol. The van der Waals surface area contributed by atoms with Crippen molar-refractivity contribution in [2.24, 2.45) is 0 Å². The van der Waals surface area contributed by atoms with E-state index in [-0.39, 0.29) is 10.7 Å². The molecule has 6 heteroatoms. The Hall–Kier alpha value is -2.73. The number of hydrogen-bond acceptors (Lipinski definition) is 3. The van der Waals surface area contributed by atoms with Crippen molar-refractivity contribution >= 4 is 15.8 Å². The third-order valence-electron chi connectivity index (χ3n) is 3.54. The summed E-state index contributed by atoms with van der Waals surface area (Å²) >= 11 is 0. The van der Waals surface area contributed by atoms with Crippen molar-refractivity contribution in [2.75, 3.05) is 4.72 Å². The molecule has 0 aliphatic rings. The van der Waals surface area contributed by atoms with Gasteiger partial charge in [-0.2, -0.15) is 0 Å². The quantitative estimate of drug-likeness (QED) is 0.780. The Kier molecular flexibility index (Phi) is 4.31. The summed E-state index contributed by atoms with van der Waals surface area (Å²) < 4.78 is 40.4. The van der Waals surface area contributed by atoms with Gasteiger partial charge >= 0.3 is 0 Å². The third-order valence-corrected chi connectivity index (χ3v) is 5.05. The van der Waals surface area contributed by atoms with Gasteiger partial charge in [0.15, 0.2) is 0 Å². The van der Waals surface area contributed by atoms with E-state index < -0.39 is 15.8 Å². The molecule has 1 heterocycles. The van der Waals surface area contributed by atoms with Gasteiger partial charge in [0.25, 0.3) is 10.0 Å². The first kappa shape index (κ1) is 16.1. The lowest BCUT2D eigenvalue weighted by atomic mass is 10.1. The zero-order chi connectivity index (χ0) is 17.2. The average Bonchev–Trinajstić information content (AvgIpc) is 2.55. The highest BCUT2D eigenvalue weighted by Crippen LogP contribution is 2.22. The normalized spacial score (nSPS) is 11.2. The van der Waals surface area contributed by atoms with Crippen LogP contribution in [0.3, 0.4) is 0 Å². The summed E-state index contributed by atoms with van der Waals surface area (Å²) in [7, 11) is -3.82. The Morgan fingerprint density at radius 3 is 2.33 bits per heavy atom. The summed E-state index contributed by atoms with van der Waals surface area (Å²) in [4.78, 5) is 4.17. The molecule has 3 aromatic rings. The summed E-state index contributed by atoms with van der Waals surface area (Å²) in [5.41, 5.74) is 2.22. The van der Waals surface area contributed by atoms with Crippen molar-refractivity contribution < 1.29 is 12.8 Å². The van der Waals surface area contributed by atoms with Crippen molar-refractivity contribution in [3.8, 4) is 11.1 Å². The maximum atomic E-state index is 13.1. The van der Waals surface area contributed by atoms with Gasteiger partial charge in [-0.1, -0.05) is 30.3 Å². The van der Waals surface area contributed by atoms with Gasteiger partial charge in [0.05, 0.1) is 4.90 Å². The highest BCUT2D eigenvalue weighted by atomic mass is 32.2. The van der Waals surface area contributed by atoms with Gasteiger partial charge in [0.1, 0.15) is 11.6 Å². The molecule has 122 valence electrons. The molecule has 0 fully saturated rings. The van der Waals surface area contributed by atoms with E-state index in [4.69, 9.17) is 0 Å². The zero-order valence-corrected chi connectivity index (χ0v) is 13.7. The smallest absolute Gasteiger partial charge is 0.263 e. The number of hydrogen-bond donors (Lipinski definition) is 1. The van der Waals surface area contributed by atoms with E-state index in [9.17, 15) is 12.8 Å². The molecule has 3 rings (SSSR count). The molecule has 0 aliphatic heterocycles. The van der Waals surface area contributed by atoms with E-state index in [0.29, 0.717) is 5.56 Å². The van der Waals surface area contributed by atoms with Crippen LogP contribution in [0.15, 0.2) is 71.8 Å². The van der Waals surface area contributed by atoms with Crippen LogP contribution < -0.4 is 4.72 Å². The minimum atomic E-state index is -3.82. The first-order valence-electron chi connectivity index (χ1n) is 7.26. The maximum Gasteiger partial charge on any atom is 0.263 e. The van der Waals surface area contributed by atoms with Crippen molar-refractivity contribution in [2.45, 2.75) is 11.8 Å². The lowest BCUT2D eigenvalue weighted by Crippen LogP contribution is -2.15. The number of pyridine rings is 1. The summed E-state index contributed by atoms with van der Waals surface area (Å²) in [6.45, 7) is 1.55. The standard InChI is InChI=1S/C18H15FN2O2S/c1-13-11-16(19)8-9-17(13)24(22,23)21-18-10-7-15(12-20-18)14-5-3-2-4-6-14/h2-12H,1H3,(H,20,21). The van der Waals surface area contributed by atoms with Crippen LogP contribution in [0.25, 0.3) is 11.1 Å². The van der Waals surface area contributed by atoms with Gasteiger partial charge in [0, 0.05) is 11.8 Å². The Labute approximate surface area is 140 Å². The minimum absolute atomic E-state index is 0.0258. The molecule has 0 bridgehead atoms. The van der Waals surface area contributed by atoms with Gasteiger partial charge in [-0.15, -0.1) is 0 Å². The highest BCUT2D eigenvalue weighted by Gasteiger charge is 2.17. The van der Waals surface area contributed by atoms with E-state index >= 15 is 0 Å². The molecule has 4 nitrogen and oxygen atoms in total. The van der Waals surface area contributed by atoms with Crippen LogP contribution in [-0.2, 0) is 10.0 Å². The maximum absolute atomic E-state index is 13.1. The van der Waals surface area contributed by atoms with Crippen molar-refractivity contribution in [1.29, 1.82) is 0 Å². The van der Waals surface area contributed by atoms with Crippen LogP contribution in [0.5, 0.6) is 0 Å². The number of nitrogens with zero attached hydrogens (tertiary/aromatic N) is 1. The van der Waals surface area contributed by atoms with E-state index in [1.807, 2.05) is 30.3 Å². The molecule has 0 aliphatic carbocycles. The first-order valence-corrected chi connectivity index (χ1v) is 8.74. The fourth-order valence-corrected chi connectivity index (χ4v) is 3.60. The molecule has 24 heavy (non-hydrogen) atoms. The van der Waals surface area contributed by atoms with Crippen LogP contribution in [0.2, 0.25) is 0 Å². The molecular weight excluding hydrogens is 327 g/mol. The molecular formula is C18H15FN2O2S. The Morgan fingerprint density at radius 1 is 0.958 bits per heavy atom. The van der Waals surface area contributed by atoms with Crippen molar-refractivity contribution in [3.05, 3.63) is 78.2 Å². The van der Waals surface area contributed by atoms with Crippen LogP contribution in [-0.4, -0.2) is 13.4 Å². The summed E-state index contributed by atoms with van der Waals surface area (Å²) in [6, 6.07) is 16.6. The molecule has 1 aromatic heterocycles. The van der Waals surface area contributed by atoms with Crippen LogP contribution in [0.1, 0.15) is 5.56 Å². The molecule has 2 aromatic carbocycles. The highest BCUT2D eigenvalue weighted by molar-refractivity contribution is 7.92. The number of rotatable bonds is 4. The van der Waals surface area contributed by atoms with Gasteiger partial charge < -0.3 is 0 Å². The molecule has 0 unspecified atom stereocenters. The molecule has 0 saturated carbocycles. The lowest BCUT2D eigenvalue weighted by molar-refractivity contribution is 0.598. The van der Waals surface area contributed by atoms with Gasteiger partial charge in [-0.25, -0.2) is 17.8 Å². The summed E-state index contributed by atoms with van der Waals surface area (Å²) in [5.74, 6) is -0.268. The number of aromatic nitrogens is 1. The largest absolute Gasteiger partial charge is 0.263 e. The van der Waals surface area contributed by atoms with Crippen LogP contribution >= 0.6 is 0 Å². The SMILES string of the molecule is Cc1cc(F)ccc1S(=O)(=O)Nc1ccc(-c2ccccc2)cn1. The summed E-state index contributed by atoms with van der Waals surface area (Å²) in [6.07, 6.45) is 1.60. The Morgan fingerprint density at radius 2 is 1.71 bits per heavy atom. The molecule has 0 saturated heterocycles. The minimum Gasteiger partial charge on any atom is -0.263 e. The van der Waals surface area contributed by atoms with Crippen LogP contribution in [0, 0.1) is 12.7 Å². The number of aryl methyl sites for hydroxylation is 1. The third kappa shape index (κ3) is 3.44. The number of halogens is 1. The second kappa shape index (κ2) is 6.41. The second-order valence-corrected chi connectivity index (χ2v) is 6.96. The van der Waals surface area contributed by atoms with E-state index in [1.165, 1.54) is 12.1 Å². The lowest BCUT2D eigenvalue weighted by Gasteiger charge is -2.10. The van der Waals surface area contributed by atoms with Crippen molar-refractivity contribution in [3.63, 3.8) is 0 Å². The predicted molar refractivity (Wildman–Crippen MR) is 91.6 cm³/mol. The monoisotopic (exact) mass is 342 g/mol. The van der Waals surface area contributed by atoms with Gasteiger partial charge in [0.2, 0.25) is 0 Å². The van der Waals surface area contributed by atoms with Crippen LogP contribution in [0.4, 0.5) is 10.2 Å². The number of anilines is 1. The van der Waals surface area contributed by atoms with Gasteiger partial charge in [-0.3, -0.25) is 4.72 Å². The number of benzene rings is 2. The topological polar surface area (TPSA) is 59.1 Å². The molecule has 0 spiro atoms. The van der Waals surface area contributed by atoms with E-state index in [2.05, 4.69) is 9.71 Å². The second-order valence-electron chi connectivity index (χ2n) is 5.31. The first-order chi connectivity index (χ1) is 11.5. The number of sulfonamides is 1. The fraction of sp³-hybridized carbons (Fsp3) is 0.0556. The molecule has 0 amide bonds. The van der Waals surface area contributed by atoms with Crippen molar-refractivity contribution in [1.82, 2.24) is 4.98 Å². The fourth-order valence-electron chi connectivity index (χ4n) is 2.36. The molecule has 1 N–H and O–H groups in total. The molecule has 0 atom stereocenters. The summed E-state index contributed by atoms with van der Waals surface area (Å²) in [5, 5.41) is 0. The Bertz CT molecular complexity index is 956. The van der Waals surface area contributed by atoms with E-state index in [1.54, 1.807) is 25.3 Å². The Balaban J connectivity index is 1.85. The zero-order valence-electron chi connectivity index (χ0n) is 12.9. The molecule has 0 radical (unpaired) electrons. The van der Waals surface area contributed by atoms with Gasteiger partial charge in [-0.05, 0) is 48.4 Å². The predicted octanol–water partition coefficient (Wildman–Crippen LogP) is 4.00. The van der Waals surface area contributed by atoms with E-state index in [0.717, 1.165) is 17.2 Å².